The maximum absolute atomic E-state index is 12.3. The molecule has 0 saturated carbocycles. The summed E-state index contributed by atoms with van der Waals surface area (Å²) < 4.78 is 31.7. The van der Waals surface area contributed by atoms with Crippen molar-refractivity contribution >= 4 is 44.9 Å². The Balaban J connectivity index is 1.97. The first-order valence-corrected chi connectivity index (χ1v) is 11.0. The second-order valence-corrected chi connectivity index (χ2v) is 8.55. The molecule has 0 bridgehead atoms. The summed E-state index contributed by atoms with van der Waals surface area (Å²) in [6.07, 6.45) is 0.679. The summed E-state index contributed by atoms with van der Waals surface area (Å²) in [5.74, 6) is -0.954. The van der Waals surface area contributed by atoms with E-state index < -0.39 is 21.9 Å². The number of carbonyl (C=O) groups is 2. The van der Waals surface area contributed by atoms with Gasteiger partial charge in [-0.15, -0.1) is 0 Å². The van der Waals surface area contributed by atoms with Crippen molar-refractivity contribution < 1.29 is 22.7 Å². The van der Waals surface area contributed by atoms with Crippen molar-refractivity contribution in [2.75, 3.05) is 12.4 Å². The number of esters is 1. The highest BCUT2D eigenvalue weighted by Gasteiger charge is 2.16. The van der Waals surface area contributed by atoms with Crippen LogP contribution in [0.5, 0.6) is 0 Å². The van der Waals surface area contributed by atoms with Crippen LogP contribution < -0.4 is 15.4 Å². The first-order valence-electron chi connectivity index (χ1n) is 9.09. The van der Waals surface area contributed by atoms with Crippen molar-refractivity contribution in [2.24, 2.45) is 0 Å². The van der Waals surface area contributed by atoms with Gasteiger partial charge in [0.25, 0.3) is 5.91 Å². The monoisotopic (exact) mass is 449 g/mol. The lowest BCUT2D eigenvalue weighted by molar-refractivity contribution is 0.0600. The number of amides is 1. The zero-order chi connectivity index (χ0) is 22.3. The fraction of sp³-hybridized carbons (Fsp3) is 0.250. The van der Waals surface area contributed by atoms with E-state index in [1.54, 1.807) is 19.1 Å². The topological polar surface area (TPSA) is 114 Å². The van der Waals surface area contributed by atoms with Gasteiger partial charge in [0.2, 0.25) is 10.0 Å². The third-order valence-electron chi connectivity index (χ3n) is 4.19. The van der Waals surface area contributed by atoms with Crippen LogP contribution in [0.15, 0.2) is 53.4 Å². The lowest BCUT2D eigenvalue weighted by Crippen LogP contribution is -2.34. The molecule has 2 aromatic rings. The standard InChI is InChI=1S/C20H23N3O5S2/c1-4-13(2)23-30(26,27)17-11-9-16(10-12-17)21-20(29)22-18(24)14-5-7-15(8-6-14)19(25)28-3/h5-13,23H,4H2,1-3H3,(H2,21,22,24,29). The number of benzene rings is 2. The van der Waals surface area contributed by atoms with Gasteiger partial charge in [-0.05, 0) is 74.1 Å². The largest absolute Gasteiger partial charge is 0.465 e. The maximum Gasteiger partial charge on any atom is 0.337 e. The second kappa shape index (κ2) is 10.3. The number of anilines is 1. The van der Waals surface area contributed by atoms with Gasteiger partial charge in [-0.3, -0.25) is 10.1 Å². The maximum atomic E-state index is 12.3. The predicted octanol–water partition coefficient (Wildman–Crippen LogP) is 2.68. The summed E-state index contributed by atoms with van der Waals surface area (Å²) in [4.78, 5) is 23.8. The third kappa shape index (κ3) is 6.34. The van der Waals surface area contributed by atoms with Crippen molar-refractivity contribution in [3.63, 3.8) is 0 Å². The summed E-state index contributed by atoms with van der Waals surface area (Å²) in [5, 5.41) is 5.39. The van der Waals surface area contributed by atoms with E-state index in [1.807, 2.05) is 6.92 Å². The summed E-state index contributed by atoms with van der Waals surface area (Å²) >= 11 is 5.13. The van der Waals surface area contributed by atoms with Crippen molar-refractivity contribution in [1.29, 1.82) is 0 Å². The smallest absolute Gasteiger partial charge is 0.337 e. The Hall–Kier alpha value is -2.82. The van der Waals surface area contributed by atoms with E-state index in [0.29, 0.717) is 23.2 Å². The van der Waals surface area contributed by atoms with E-state index in [-0.39, 0.29) is 16.0 Å². The van der Waals surface area contributed by atoms with Crippen molar-refractivity contribution in [3.8, 4) is 0 Å². The number of rotatable bonds is 7. The fourth-order valence-electron chi connectivity index (χ4n) is 2.35. The summed E-state index contributed by atoms with van der Waals surface area (Å²) in [6.45, 7) is 3.68. The van der Waals surface area contributed by atoms with Gasteiger partial charge in [0.05, 0.1) is 17.6 Å². The molecular formula is C20H23N3O5S2. The van der Waals surface area contributed by atoms with Crippen LogP contribution in [0.4, 0.5) is 5.69 Å². The Kier molecular flexibility index (Phi) is 8.04. The highest BCUT2D eigenvalue weighted by Crippen LogP contribution is 2.15. The SMILES string of the molecule is CCC(C)NS(=O)(=O)c1ccc(NC(=S)NC(=O)c2ccc(C(=O)OC)cc2)cc1. The van der Waals surface area contributed by atoms with E-state index in [1.165, 1.54) is 43.5 Å². The van der Waals surface area contributed by atoms with Crippen LogP contribution in [0.2, 0.25) is 0 Å². The number of nitrogens with one attached hydrogen (secondary N) is 3. The number of sulfonamides is 1. The molecule has 160 valence electrons. The molecule has 2 rings (SSSR count). The van der Waals surface area contributed by atoms with Crippen LogP contribution >= 0.6 is 12.2 Å². The summed E-state index contributed by atoms with van der Waals surface area (Å²) in [7, 11) is -2.32. The number of carbonyl (C=O) groups excluding carboxylic acids is 2. The minimum atomic E-state index is -3.60. The van der Waals surface area contributed by atoms with E-state index in [4.69, 9.17) is 12.2 Å². The van der Waals surface area contributed by atoms with Crippen molar-refractivity contribution in [3.05, 3.63) is 59.7 Å². The zero-order valence-electron chi connectivity index (χ0n) is 16.8. The Morgan fingerprint density at radius 1 is 1.03 bits per heavy atom. The Morgan fingerprint density at radius 3 is 2.13 bits per heavy atom. The first-order chi connectivity index (χ1) is 14.2. The zero-order valence-corrected chi connectivity index (χ0v) is 18.4. The van der Waals surface area contributed by atoms with Gasteiger partial charge in [0.15, 0.2) is 5.11 Å². The molecule has 0 spiro atoms. The minimum Gasteiger partial charge on any atom is -0.465 e. The lowest BCUT2D eigenvalue weighted by Gasteiger charge is -2.13. The molecule has 0 heterocycles. The number of thiocarbonyl (C=S) groups is 1. The summed E-state index contributed by atoms with van der Waals surface area (Å²) in [5.41, 5.74) is 1.15. The molecule has 8 nitrogen and oxygen atoms in total. The lowest BCUT2D eigenvalue weighted by atomic mass is 10.1. The van der Waals surface area contributed by atoms with Gasteiger partial charge in [-0.25, -0.2) is 17.9 Å². The highest BCUT2D eigenvalue weighted by molar-refractivity contribution is 7.89. The molecule has 0 aliphatic rings. The van der Waals surface area contributed by atoms with Crippen LogP contribution in [-0.2, 0) is 14.8 Å². The number of methoxy groups -OCH3 is 1. The molecule has 1 atom stereocenters. The quantitative estimate of drug-likeness (QED) is 0.440. The van der Waals surface area contributed by atoms with E-state index >= 15 is 0 Å². The van der Waals surface area contributed by atoms with Gasteiger partial charge >= 0.3 is 5.97 Å². The van der Waals surface area contributed by atoms with Crippen LogP contribution in [0.3, 0.4) is 0 Å². The molecule has 3 N–H and O–H groups in total. The average molecular weight is 450 g/mol. The predicted molar refractivity (Wildman–Crippen MR) is 118 cm³/mol. The van der Waals surface area contributed by atoms with Gasteiger partial charge in [0, 0.05) is 17.3 Å². The molecule has 1 unspecified atom stereocenters. The molecule has 0 aromatic heterocycles. The third-order valence-corrected chi connectivity index (χ3v) is 6.00. The number of ether oxygens (including phenoxy) is 1. The van der Waals surface area contributed by atoms with Crippen LogP contribution in [0.25, 0.3) is 0 Å². The van der Waals surface area contributed by atoms with Gasteiger partial charge in [0.1, 0.15) is 0 Å². The molecule has 0 saturated heterocycles. The minimum absolute atomic E-state index is 0.0466. The van der Waals surface area contributed by atoms with E-state index in [9.17, 15) is 18.0 Å². The normalized spacial score (nSPS) is 12.0. The molecule has 0 aliphatic heterocycles. The molecular weight excluding hydrogens is 426 g/mol. The average Bonchev–Trinajstić information content (AvgIpc) is 2.73. The molecule has 0 fully saturated rings. The number of hydrogen-bond donors (Lipinski definition) is 3. The number of hydrogen-bond acceptors (Lipinski definition) is 6. The van der Waals surface area contributed by atoms with Crippen molar-refractivity contribution in [1.82, 2.24) is 10.0 Å². The Morgan fingerprint density at radius 2 is 1.60 bits per heavy atom. The Bertz CT molecular complexity index is 1020. The molecule has 0 aliphatic carbocycles. The first kappa shape index (κ1) is 23.5. The fourth-order valence-corrected chi connectivity index (χ4v) is 3.88. The van der Waals surface area contributed by atoms with Gasteiger partial charge < -0.3 is 10.1 Å². The molecule has 0 radical (unpaired) electrons. The van der Waals surface area contributed by atoms with Crippen molar-refractivity contribution in [2.45, 2.75) is 31.2 Å². The van der Waals surface area contributed by atoms with Crippen LogP contribution in [0.1, 0.15) is 41.0 Å². The van der Waals surface area contributed by atoms with Crippen LogP contribution in [-0.4, -0.2) is 38.6 Å². The van der Waals surface area contributed by atoms with E-state index in [2.05, 4.69) is 20.1 Å². The molecule has 2 aromatic carbocycles. The second-order valence-electron chi connectivity index (χ2n) is 6.43. The van der Waals surface area contributed by atoms with Crippen LogP contribution in [0, 0.1) is 0 Å². The van der Waals surface area contributed by atoms with Gasteiger partial charge in [-0.1, -0.05) is 6.92 Å². The van der Waals surface area contributed by atoms with Gasteiger partial charge in [-0.2, -0.15) is 0 Å². The molecule has 1 amide bonds. The Labute approximate surface area is 181 Å². The summed E-state index contributed by atoms with van der Waals surface area (Å²) in [6, 6.07) is 11.7. The molecule has 10 heteroatoms. The van der Waals surface area contributed by atoms with E-state index in [0.717, 1.165) is 0 Å². The molecule has 30 heavy (non-hydrogen) atoms. The highest BCUT2D eigenvalue weighted by atomic mass is 32.2.